The molecule has 0 bridgehead atoms. The van der Waals surface area contributed by atoms with Gasteiger partial charge in [-0.1, -0.05) is 32.0 Å². The summed E-state index contributed by atoms with van der Waals surface area (Å²) in [6.07, 6.45) is 0.905. The maximum absolute atomic E-state index is 5.71. The molecule has 0 fully saturated rings. The topological polar surface area (TPSA) is 56.7 Å². The van der Waals surface area contributed by atoms with Crippen molar-refractivity contribution in [2.45, 2.75) is 26.8 Å². The average molecular weight is 230 g/mol. The Kier molecular flexibility index (Phi) is 3.54. The van der Waals surface area contributed by atoms with Gasteiger partial charge in [-0.2, -0.15) is 0 Å². The molecule has 0 saturated carbocycles. The molecule has 0 aliphatic rings. The lowest BCUT2D eigenvalue weighted by Gasteiger charge is -2.10. The molecule has 0 aliphatic carbocycles. The number of nitrogens with two attached hydrogens (primary N) is 1. The van der Waals surface area contributed by atoms with Crippen molar-refractivity contribution < 1.29 is 0 Å². The summed E-state index contributed by atoms with van der Waals surface area (Å²) in [5, 5.41) is 8.39. The average Bonchev–Trinajstić information content (AvgIpc) is 2.72. The Morgan fingerprint density at radius 2 is 1.76 bits per heavy atom. The predicted octanol–water partition coefficient (Wildman–Crippen LogP) is 1.92. The molecule has 0 saturated heterocycles. The molecule has 1 aromatic heterocycles. The second-order valence-corrected chi connectivity index (χ2v) is 4.51. The van der Waals surface area contributed by atoms with Crippen LogP contribution in [0.5, 0.6) is 0 Å². The molecule has 2 aromatic rings. The van der Waals surface area contributed by atoms with Crippen molar-refractivity contribution in [2.24, 2.45) is 11.7 Å². The predicted molar refractivity (Wildman–Crippen MR) is 67.8 cm³/mol. The Morgan fingerprint density at radius 3 is 2.35 bits per heavy atom. The lowest BCUT2D eigenvalue weighted by Crippen LogP contribution is -2.10. The summed E-state index contributed by atoms with van der Waals surface area (Å²) in [6.45, 7) is 4.75. The van der Waals surface area contributed by atoms with Gasteiger partial charge < -0.3 is 5.73 Å². The third-order valence-electron chi connectivity index (χ3n) is 2.58. The first kappa shape index (κ1) is 11.8. The Labute approximate surface area is 101 Å². The molecule has 4 heteroatoms. The molecular weight excluding hydrogens is 212 g/mol. The van der Waals surface area contributed by atoms with E-state index in [2.05, 4.69) is 28.6 Å². The van der Waals surface area contributed by atoms with E-state index in [-0.39, 0.29) is 0 Å². The van der Waals surface area contributed by atoms with Crippen molar-refractivity contribution in [2.75, 3.05) is 0 Å². The van der Waals surface area contributed by atoms with E-state index in [4.69, 9.17) is 5.73 Å². The van der Waals surface area contributed by atoms with E-state index in [1.54, 1.807) is 0 Å². The van der Waals surface area contributed by atoms with Gasteiger partial charge in [0, 0.05) is 12.1 Å². The van der Waals surface area contributed by atoms with Gasteiger partial charge >= 0.3 is 0 Å². The highest BCUT2D eigenvalue weighted by Gasteiger charge is 2.13. The molecule has 0 unspecified atom stereocenters. The minimum absolute atomic E-state index is 0.403. The van der Waals surface area contributed by atoms with Crippen LogP contribution in [0.15, 0.2) is 30.3 Å². The number of hydrogen-bond donors (Lipinski definition) is 1. The molecule has 2 N–H and O–H groups in total. The maximum Gasteiger partial charge on any atom is 0.151 e. The number of nitrogens with zero attached hydrogens (tertiary/aromatic N) is 3. The van der Waals surface area contributed by atoms with Crippen molar-refractivity contribution in [1.82, 2.24) is 14.8 Å². The third-order valence-corrected chi connectivity index (χ3v) is 2.58. The molecule has 0 atom stereocenters. The van der Waals surface area contributed by atoms with Crippen LogP contribution in [0, 0.1) is 5.92 Å². The normalized spacial score (nSPS) is 11.1. The molecule has 1 aromatic carbocycles. The fourth-order valence-corrected chi connectivity index (χ4v) is 1.86. The first-order valence-corrected chi connectivity index (χ1v) is 5.91. The van der Waals surface area contributed by atoms with E-state index in [0.717, 1.165) is 23.8 Å². The van der Waals surface area contributed by atoms with Crippen molar-refractivity contribution in [3.63, 3.8) is 0 Å². The minimum Gasteiger partial charge on any atom is -0.324 e. The SMILES string of the molecule is CC(C)Cc1nnc(CN)n1-c1ccccc1. The standard InChI is InChI=1S/C13H18N4/c1-10(2)8-12-15-16-13(9-14)17(12)11-6-4-3-5-7-11/h3-7,10H,8-9,14H2,1-2H3. The lowest BCUT2D eigenvalue weighted by atomic mass is 10.1. The molecule has 1 heterocycles. The summed E-state index contributed by atoms with van der Waals surface area (Å²) >= 11 is 0. The zero-order valence-electron chi connectivity index (χ0n) is 10.3. The zero-order chi connectivity index (χ0) is 12.3. The number of aromatic nitrogens is 3. The fraction of sp³-hybridized carbons (Fsp3) is 0.385. The molecule has 2 rings (SSSR count). The van der Waals surface area contributed by atoms with Gasteiger partial charge in [-0.05, 0) is 18.1 Å². The smallest absolute Gasteiger partial charge is 0.151 e. The zero-order valence-corrected chi connectivity index (χ0v) is 10.3. The molecular formula is C13H18N4. The Bertz CT molecular complexity index is 473. The van der Waals surface area contributed by atoms with Crippen molar-refractivity contribution >= 4 is 0 Å². The summed E-state index contributed by atoms with van der Waals surface area (Å²) in [4.78, 5) is 0. The van der Waals surface area contributed by atoms with Crippen LogP contribution < -0.4 is 5.73 Å². The Hall–Kier alpha value is -1.68. The van der Waals surface area contributed by atoms with Crippen LogP contribution in [0.2, 0.25) is 0 Å². The van der Waals surface area contributed by atoms with Gasteiger partial charge in [0.25, 0.3) is 0 Å². The molecule has 0 aliphatic heterocycles. The number of hydrogen-bond acceptors (Lipinski definition) is 3. The van der Waals surface area contributed by atoms with Crippen LogP contribution in [-0.4, -0.2) is 14.8 Å². The van der Waals surface area contributed by atoms with Crippen molar-refractivity contribution in [3.05, 3.63) is 42.0 Å². The van der Waals surface area contributed by atoms with Gasteiger partial charge in [0.15, 0.2) is 5.82 Å². The highest BCUT2D eigenvalue weighted by molar-refractivity contribution is 5.34. The maximum atomic E-state index is 5.71. The first-order valence-electron chi connectivity index (χ1n) is 5.91. The Balaban J connectivity index is 2.46. The van der Waals surface area contributed by atoms with E-state index >= 15 is 0 Å². The van der Waals surface area contributed by atoms with Gasteiger partial charge in [-0.25, -0.2) is 0 Å². The fourth-order valence-electron chi connectivity index (χ4n) is 1.86. The molecule has 90 valence electrons. The monoisotopic (exact) mass is 230 g/mol. The van der Waals surface area contributed by atoms with Crippen LogP contribution in [0.1, 0.15) is 25.5 Å². The summed E-state index contributed by atoms with van der Waals surface area (Å²) in [7, 11) is 0. The summed E-state index contributed by atoms with van der Waals surface area (Å²) in [5.41, 5.74) is 6.79. The molecule has 17 heavy (non-hydrogen) atoms. The van der Waals surface area contributed by atoms with Gasteiger partial charge in [-0.15, -0.1) is 10.2 Å². The van der Waals surface area contributed by atoms with Gasteiger partial charge in [0.2, 0.25) is 0 Å². The van der Waals surface area contributed by atoms with Crippen LogP contribution in [-0.2, 0) is 13.0 Å². The van der Waals surface area contributed by atoms with Crippen LogP contribution in [0.3, 0.4) is 0 Å². The number of benzene rings is 1. The Morgan fingerprint density at radius 1 is 1.12 bits per heavy atom. The van der Waals surface area contributed by atoms with Gasteiger partial charge in [-0.3, -0.25) is 4.57 Å². The van der Waals surface area contributed by atoms with Crippen molar-refractivity contribution in [3.8, 4) is 5.69 Å². The van der Waals surface area contributed by atoms with Crippen molar-refractivity contribution in [1.29, 1.82) is 0 Å². The first-order chi connectivity index (χ1) is 8.22. The van der Waals surface area contributed by atoms with E-state index in [0.29, 0.717) is 12.5 Å². The summed E-state index contributed by atoms with van der Waals surface area (Å²) in [6, 6.07) is 10.1. The van der Waals surface area contributed by atoms with Gasteiger partial charge in [0.1, 0.15) is 5.82 Å². The molecule has 0 radical (unpaired) electrons. The minimum atomic E-state index is 0.403. The molecule has 4 nitrogen and oxygen atoms in total. The largest absolute Gasteiger partial charge is 0.324 e. The molecule has 0 amide bonds. The summed E-state index contributed by atoms with van der Waals surface area (Å²) in [5.74, 6) is 2.34. The van der Waals surface area contributed by atoms with E-state index in [9.17, 15) is 0 Å². The number of para-hydroxylation sites is 1. The number of rotatable bonds is 4. The van der Waals surface area contributed by atoms with E-state index < -0.39 is 0 Å². The highest BCUT2D eigenvalue weighted by atomic mass is 15.3. The summed E-state index contributed by atoms with van der Waals surface area (Å²) < 4.78 is 2.06. The lowest BCUT2D eigenvalue weighted by molar-refractivity contribution is 0.610. The van der Waals surface area contributed by atoms with Crippen LogP contribution in [0.25, 0.3) is 5.69 Å². The van der Waals surface area contributed by atoms with E-state index in [1.165, 1.54) is 0 Å². The second kappa shape index (κ2) is 5.10. The third kappa shape index (κ3) is 2.53. The highest BCUT2D eigenvalue weighted by Crippen LogP contribution is 2.15. The van der Waals surface area contributed by atoms with E-state index in [1.807, 2.05) is 30.3 Å². The second-order valence-electron chi connectivity index (χ2n) is 4.51. The van der Waals surface area contributed by atoms with Crippen LogP contribution in [0.4, 0.5) is 0 Å². The molecule has 0 spiro atoms. The van der Waals surface area contributed by atoms with Crippen LogP contribution >= 0.6 is 0 Å². The van der Waals surface area contributed by atoms with Gasteiger partial charge in [0.05, 0.1) is 6.54 Å². The quantitative estimate of drug-likeness (QED) is 0.873.